The average Bonchev–Trinajstić information content (AvgIpc) is 3.30. The quantitative estimate of drug-likeness (QED) is 0.578. The molecule has 0 aromatic heterocycles. The predicted octanol–water partition coefficient (Wildman–Crippen LogP) is 4.73. The van der Waals surface area contributed by atoms with Crippen molar-refractivity contribution in [2.45, 2.75) is 51.5 Å². The first kappa shape index (κ1) is 22.9. The van der Waals surface area contributed by atoms with Crippen molar-refractivity contribution in [2.24, 2.45) is 11.7 Å². The molecule has 0 spiro atoms. The van der Waals surface area contributed by atoms with E-state index in [0.717, 1.165) is 17.7 Å². The first-order chi connectivity index (χ1) is 15.0. The van der Waals surface area contributed by atoms with E-state index < -0.39 is 5.82 Å². The number of nitrogens with one attached hydrogen (secondary N) is 1. The van der Waals surface area contributed by atoms with E-state index in [4.69, 9.17) is 5.73 Å². The van der Waals surface area contributed by atoms with E-state index in [1.807, 2.05) is 24.3 Å². The third-order valence-corrected chi connectivity index (χ3v) is 5.86. The second-order valence-corrected chi connectivity index (χ2v) is 8.31. The third kappa shape index (κ3) is 7.17. The Bertz CT molecular complexity index is 863. The normalized spacial score (nSPS) is 13.9. The highest BCUT2D eigenvalue weighted by molar-refractivity contribution is 5.94. The fourth-order valence-electron chi connectivity index (χ4n) is 4.11. The van der Waals surface area contributed by atoms with Gasteiger partial charge in [-0.15, -0.1) is 0 Å². The second kappa shape index (κ2) is 11.6. The van der Waals surface area contributed by atoms with Crippen molar-refractivity contribution in [1.29, 1.82) is 0 Å². The Balaban J connectivity index is 1.57. The van der Waals surface area contributed by atoms with E-state index in [1.54, 1.807) is 11.0 Å². The topological polar surface area (TPSA) is 75.4 Å². The van der Waals surface area contributed by atoms with Crippen LogP contribution >= 0.6 is 0 Å². The van der Waals surface area contributed by atoms with Gasteiger partial charge in [0.2, 0.25) is 5.91 Å². The lowest BCUT2D eigenvalue weighted by molar-refractivity contribution is -0.116. The molecule has 6 heteroatoms. The third-order valence-electron chi connectivity index (χ3n) is 5.86. The molecule has 1 fully saturated rings. The van der Waals surface area contributed by atoms with Gasteiger partial charge in [0.1, 0.15) is 5.82 Å². The number of hydrogen-bond acceptors (Lipinski definition) is 3. The van der Waals surface area contributed by atoms with Gasteiger partial charge in [0.05, 0.1) is 0 Å². The summed E-state index contributed by atoms with van der Waals surface area (Å²) in [5.74, 6) is 0.0867. The van der Waals surface area contributed by atoms with E-state index in [2.05, 4.69) is 5.32 Å². The van der Waals surface area contributed by atoms with Crippen molar-refractivity contribution in [3.63, 3.8) is 0 Å². The smallest absolute Gasteiger partial charge is 0.254 e. The molecule has 2 amide bonds. The number of carbonyl (C=O) groups is 2. The zero-order valence-electron chi connectivity index (χ0n) is 18.0. The maximum atomic E-state index is 13.5. The van der Waals surface area contributed by atoms with Crippen molar-refractivity contribution >= 4 is 17.5 Å². The highest BCUT2D eigenvalue weighted by Gasteiger charge is 2.17. The monoisotopic (exact) mass is 425 g/mol. The van der Waals surface area contributed by atoms with Crippen LogP contribution < -0.4 is 11.1 Å². The molecule has 0 unspecified atom stereocenters. The van der Waals surface area contributed by atoms with Gasteiger partial charge in [-0.2, -0.15) is 0 Å². The van der Waals surface area contributed by atoms with Gasteiger partial charge < -0.3 is 16.0 Å². The lowest BCUT2D eigenvalue weighted by Gasteiger charge is -2.23. The van der Waals surface area contributed by atoms with Gasteiger partial charge in [-0.1, -0.05) is 43.9 Å². The van der Waals surface area contributed by atoms with Crippen molar-refractivity contribution in [3.8, 4) is 0 Å². The van der Waals surface area contributed by atoms with Gasteiger partial charge in [-0.3, -0.25) is 9.59 Å². The van der Waals surface area contributed by atoms with Crippen LogP contribution in [0, 0.1) is 11.7 Å². The number of carbonyl (C=O) groups excluding carboxylic acids is 2. The standard InChI is InChI=1S/C25H32FN3O2/c26-22-8-3-7-21(17-22)25(31)29(16-4-15-27)18-20-9-12-23(13-10-20)28-24(30)14-11-19-5-1-2-6-19/h3,7-10,12-13,17,19H,1-2,4-6,11,14-16,18,27H2,(H,28,30). The second-order valence-electron chi connectivity index (χ2n) is 8.31. The minimum absolute atomic E-state index is 0.0468. The summed E-state index contributed by atoms with van der Waals surface area (Å²) >= 11 is 0. The summed E-state index contributed by atoms with van der Waals surface area (Å²) in [6.07, 6.45) is 7.25. The molecule has 3 rings (SSSR count). The number of benzene rings is 2. The number of amides is 2. The van der Waals surface area contributed by atoms with Gasteiger partial charge in [0, 0.05) is 30.8 Å². The number of anilines is 1. The van der Waals surface area contributed by atoms with Crippen molar-refractivity contribution in [3.05, 3.63) is 65.5 Å². The summed E-state index contributed by atoms with van der Waals surface area (Å²) in [5, 5.41) is 2.96. The zero-order valence-corrected chi connectivity index (χ0v) is 18.0. The highest BCUT2D eigenvalue weighted by Crippen LogP contribution is 2.28. The van der Waals surface area contributed by atoms with E-state index in [0.29, 0.717) is 44.0 Å². The van der Waals surface area contributed by atoms with E-state index in [9.17, 15) is 14.0 Å². The molecule has 2 aromatic carbocycles. The number of hydrogen-bond donors (Lipinski definition) is 2. The van der Waals surface area contributed by atoms with Crippen molar-refractivity contribution in [1.82, 2.24) is 4.90 Å². The molecule has 0 bridgehead atoms. The Morgan fingerprint density at radius 1 is 1.10 bits per heavy atom. The Morgan fingerprint density at radius 2 is 1.84 bits per heavy atom. The number of halogens is 1. The fraction of sp³-hybridized carbons (Fsp3) is 0.440. The van der Waals surface area contributed by atoms with Crippen LogP contribution in [0.2, 0.25) is 0 Å². The minimum Gasteiger partial charge on any atom is -0.334 e. The molecule has 1 saturated carbocycles. The molecule has 0 aliphatic heterocycles. The molecule has 0 atom stereocenters. The van der Waals surface area contributed by atoms with Gasteiger partial charge in [0.15, 0.2) is 0 Å². The molecule has 166 valence electrons. The van der Waals surface area contributed by atoms with Crippen LogP contribution in [0.4, 0.5) is 10.1 Å². The lowest BCUT2D eigenvalue weighted by Crippen LogP contribution is -2.32. The molecule has 0 heterocycles. The van der Waals surface area contributed by atoms with Gasteiger partial charge in [-0.25, -0.2) is 4.39 Å². The first-order valence-corrected chi connectivity index (χ1v) is 11.2. The molecule has 0 radical (unpaired) electrons. The fourth-order valence-corrected chi connectivity index (χ4v) is 4.11. The molecular formula is C25H32FN3O2. The lowest BCUT2D eigenvalue weighted by atomic mass is 10.0. The Morgan fingerprint density at radius 3 is 2.52 bits per heavy atom. The highest BCUT2D eigenvalue weighted by atomic mass is 19.1. The summed E-state index contributed by atoms with van der Waals surface area (Å²) in [7, 11) is 0. The molecule has 1 aliphatic carbocycles. The zero-order chi connectivity index (χ0) is 22.1. The minimum atomic E-state index is -0.433. The summed E-state index contributed by atoms with van der Waals surface area (Å²) in [5.41, 5.74) is 7.64. The Hall–Kier alpha value is -2.73. The number of nitrogens with two attached hydrogens (primary N) is 1. The predicted molar refractivity (Wildman–Crippen MR) is 121 cm³/mol. The van der Waals surface area contributed by atoms with Crippen molar-refractivity contribution in [2.75, 3.05) is 18.4 Å². The molecule has 2 aromatic rings. The van der Waals surface area contributed by atoms with Crippen LogP contribution in [0.1, 0.15) is 60.9 Å². The Labute approximate surface area is 183 Å². The maximum absolute atomic E-state index is 13.5. The SMILES string of the molecule is NCCCN(Cc1ccc(NC(=O)CCC2CCCC2)cc1)C(=O)c1cccc(F)c1. The van der Waals surface area contributed by atoms with Crippen LogP contribution in [0.15, 0.2) is 48.5 Å². The van der Waals surface area contributed by atoms with E-state index in [1.165, 1.54) is 43.9 Å². The maximum Gasteiger partial charge on any atom is 0.254 e. The van der Waals surface area contributed by atoms with Crippen molar-refractivity contribution < 1.29 is 14.0 Å². The first-order valence-electron chi connectivity index (χ1n) is 11.2. The molecule has 3 N–H and O–H groups in total. The van der Waals surface area contributed by atoms with Crippen LogP contribution in [-0.2, 0) is 11.3 Å². The summed E-state index contributed by atoms with van der Waals surface area (Å²) < 4.78 is 13.5. The van der Waals surface area contributed by atoms with Crippen LogP contribution in [0.5, 0.6) is 0 Å². The van der Waals surface area contributed by atoms with E-state index in [-0.39, 0.29) is 11.8 Å². The molecular weight excluding hydrogens is 393 g/mol. The largest absolute Gasteiger partial charge is 0.334 e. The van der Waals surface area contributed by atoms with Gasteiger partial charge in [0.25, 0.3) is 5.91 Å². The van der Waals surface area contributed by atoms with Crippen LogP contribution in [0.3, 0.4) is 0 Å². The van der Waals surface area contributed by atoms with E-state index >= 15 is 0 Å². The van der Waals surface area contributed by atoms with Crippen LogP contribution in [-0.4, -0.2) is 29.8 Å². The molecule has 1 aliphatic rings. The average molecular weight is 426 g/mol. The van der Waals surface area contributed by atoms with Crippen LogP contribution in [0.25, 0.3) is 0 Å². The molecule has 5 nitrogen and oxygen atoms in total. The number of nitrogens with zero attached hydrogens (tertiary/aromatic N) is 1. The summed E-state index contributed by atoms with van der Waals surface area (Å²) in [4.78, 5) is 26.8. The van der Waals surface area contributed by atoms with Gasteiger partial charge in [-0.05, 0) is 61.2 Å². The Kier molecular flexibility index (Phi) is 8.59. The number of rotatable bonds is 10. The summed E-state index contributed by atoms with van der Waals surface area (Å²) in [6.45, 7) is 1.36. The van der Waals surface area contributed by atoms with Gasteiger partial charge >= 0.3 is 0 Å². The molecule has 31 heavy (non-hydrogen) atoms. The summed E-state index contributed by atoms with van der Waals surface area (Å²) in [6, 6.07) is 13.2. The molecule has 0 saturated heterocycles.